The van der Waals surface area contributed by atoms with Crippen molar-refractivity contribution in [3.63, 3.8) is 0 Å². The molecular weight excluding hydrogens is 290 g/mol. The SMILES string of the molecule is Cc1nn(CCO)c(C)c1CN[C@H](C)c1cc2ccccc2o1. The monoisotopic (exact) mass is 313 g/mol. The molecule has 0 spiro atoms. The summed E-state index contributed by atoms with van der Waals surface area (Å²) in [5, 5.41) is 18.2. The van der Waals surface area contributed by atoms with Gasteiger partial charge in [-0.3, -0.25) is 4.68 Å². The molecule has 3 rings (SSSR count). The number of benzene rings is 1. The molecule has 2 aromatic heterocycles. The van der Waals surface area contributed by atoms with Gasteiger partial charge < -0.3 is 14.8 Å². The number of fused-ring (bicyclic) bond motifs is 1. The number of hydrogen-bond donors (Lipinski definition) is 2. The molecule has 23 heavy (non-hydrogen) atoms. The molecule has 0 fully saturated rings. The summed E-state index contributed by atoms with van der Waals surface area (Å²) in [6.07, 6.45) is 0. The maximum atomic E-state index is 9.09. The minimum absolute atomic E-state index is 0.101. The highest BCUT2D eigenvalue weighted by atomic mass is 16.3. The predicted octanol–water partition coefficient (Wildman–Crippen LogP) is 3.09. The zero-order valence-corrected chi connectivity index (χ0v) is 13.8. The lowest BCUT2D eigenvalue weighted by molar-refractivity contribution is 0.267. The average Bonchev–Trinajstić information content (AvgIpc) is 3.08. The Morgan fingerprint density at radius 2 is 2.09 bits per heavy atom. The minimum atomic E-state index is 0.101. The summed E-state index contributed by atoms with van der Waals surface area (Å²) in [5.41, 5.74) is 4.20. The standard InChI is InChI=1S/C18H23N3O2/c1-12-16(14(3)21(20-12)8-9-22)11-19-13(2)18-10-15-6-4-5-7-17(15)23-18/h4-7,10,13,19,22H,8-9,11H2,1-3H3/t13-/m1/s1. The van der Waals surface area contributed by atoms with Gasteiger partial charge in [-0.05, 0) is 32.9 Å². The van der Waals surface area contributed by atoms with Crippen molar-refractivity contribution in [2.45, 2.75) is 39.9 Å². The lowest BCUT2D eigenvalue weighted by Gasteiger charge is -2.11. The Kier molecular flexibility index (Phi) is 4.50. The van der Waals surface area contributed by atoms with E-state index in [2.05, 4.69) is 29.5 Å². The summed E-state index contributed by atoms with van der Waals surface area (Å²) in [6, 6.07) is 10.2. The molecule has 5 heteroatoms. The van der Waals surface area contributed by atoms with Gasteiger partial charge in [-0.15, -0.1) is 0 Å². The molecule has 0 radical (unpaired) electrons. The topological polar surface area (TPSA) is 63.2 Å². The van der Waals surface area contributed by atoms with Crippen molar-refractivity contribution in [3.8, 4) is 0 Å². The van der Waals surface area contributed by atoms with Crippen LogP contribution in [0.4, 0.5) is 0 Å². The third-order valence-corrected chi connectivity index (χ3v) is 4.30. The second-order valence-corrected chi connectivity index (χ2v) is 5.89. The molecule has 2 heterocycles. The highest BCUT2D eigenvalue weighted by Gasteiger charge is 2.15. The van der Waals surface area contributed by atoms with Gasteiger partial charge in [-0.2, -0.15) is 5.10 Å². The highest BCUT2D eigenvalue weighted by molar-refractivity contribution is 5.77. The Morgan fingerprint density at radius 3 is 2.83 bits per heavy atom. The number of hydrogen-bond acceptors (Lipinski definition) is 4. The van der Waals surface area contributed by atoms with Gasteiger partial charge >= 0.3 is 0 Å². The van der Waals surface area contributed by atoms with Crippen molar-refractivity contribution in [1.29, 1.82) is 0 Å². The molecule has 0 saturated carbocycles. The van der Waals surface area contributed by atoms with Crippen LogP contribution in [0, 0.1) is 13.8 Å². The number of nitrogens with one attached hydrogen (secondary N) is 1. The van der Waals surface area contributed by atoms with Crippen LogP contribution in [0.15, 0.2) is 34.7 Å². The number of para-hydroxylation sites is 1. The molecule has 2 N–H and O–H groups in total. The summed E-state index contributed by atoms with van der Waals surface area (Å²) in [7, 11) is 0. The van der Waals surface area contributed by atoms with E-state index in [0.29, 0.717) is 6.54 Å². The maximum absolute atomic E-state index is 9.09. The Labute approximate surface area is 135 Å². The van der Waals surface area contributed by atoms with Crippen molar-refractivity contribution in [2.24, 2.45) is 0 Å². The fourth-order valence-corrected chi connectivity index (χ4v) is 2.87. The quantitative estimate of drug-likeness (QED) is 0.734. The zero-order valence-electron chi connectivity index (χ0n) is 13.8. The van der Waals surface area contributed by atoms with Crippen LogP contribution in [0.1, 0.15) is 35.7 Å². The molecule has 0 bridgehead atoms. The lowest BCUT2D eigenvalue weighted by atomic mass is 10.1. The van der Waals surface area contributed by atoms with E-state index in [1.807, 2.05) is 36.7 Å². The van der Waals surface area contributed by atoms with Crippen molar-refractivity contribution in [2.75, 3.05) is 6.61 Å². The number of furan rings is 1. The first-order valence-electron chi connectivity index (χ1n) is 7.95. The summed E-state index contributed by atoms with van der Waals surface area (Å²) < 4.78 is 7.77. The first-order chi connectivity index (χ1) is 11.1. The first kappa shape index (κ1) is 15.8. The minimum Gasteiger partial charge on any atom is -0.459 e. The van der Waals surface area contributed by atoms with Crippen LogP contribution in [0.25, 0.3) is 11.0 Å². The summed E-state index contributed by atoms with van der Waals surface area (Å²) >= 11 is 0. The van der Waals surface area contributed by atoms with Crippen LogP contribution < -0.4 is 5.32 Å². The lowest BCUT2D eigenvalue weighted by Crippen LogP contribution is -2.18. The van der Waals surface area contributed by atoms with Crippen molar-refractivity contribution in [1.82, 2.24) is 15.1 Å². The first-order valence-corrected chi connectivity index (χ1v) is 7.95. The molecule has 0 amide bonds. The second-order valence-electron chi connectivity index (χ2n) is 5.89. The third-order valence-electron chi connectivity index (χ3n) is 4.30. The Balaban J connectivity index is 1.72. The van der Waals surface area contributed by atoms with Gasteiger partial charge in [0.25, 0.3) is 0 Å². The molecule has 0 saturated heterocycles. The highest BCUT2D eigenvalue weighted by Crippen LogP contribution is 2.24. The molecule has 3 aromatic rings. The average molecular weight is 313 g/mol. The van der Waals surface area contributed by atoms with E-state index < -0.39 is 0 Å². The van der Waals surface area contributed by atoms with Crippen LogP contribution in [-0.2, 0) is 13.1 Å². The third kappa shape index (κ3) is 3.16. The van der Waals surface area contributed by atoms with Gasteiger partial charge in [0.2, 0.25) is 0 Å². The molecule has 0 unspecified atom stereocenters. The van der Waals surface area contributed by atoms with Gasteiger partial charge in [-0.25, -0.2) is 0 Å². The largest absolute Gasteiger partial charge is 0.459 e. The Hall–Kier alpha value is -2.11. The molecule has 0 aliphatic rings. The fourth-order valence-electron chi connectivity index (χ4n) is 2.87. The van der Waals surface area contributed by atoms with Crippen LogP contribution >= 0.6 is 0 Å². The molecule has 1 atom stereocenters. The van der Waals surface area contributed by atoms with Gasteiger partial charge in [0.05, 0.1) is 24.9 Å². The van der Waals surface area contributed by atoms with Crippen molar-refractivity contribution < 1.29 is 9.52 Å². The number of rotatable bonds is 6. The number of aliphatic hydroxyl groups is 1. The molecule has 1 aromatic carbocycles. The normalized spacial score (nSPS) is 12.9. The van der Waals surface area contributed by atoms with E-state index in [1.54, 1.807) is 0 Å². The van der Waals surface area contributed by atoms with Crippen LogP contribution in [0.5, 0.6) is 0 Å². The molecule has 0 aliphatic carbocycles. The second kappa shape index (κ2) is 6.56. The van der Waals surface area contributed by atoms with E-state index >= 15 is 0 Å². The number of aryl methyl sites for hydroxylation is 1. The van der Waals surface area contributed by atoms with Crippen LogP contribution in [-0.4, -0.2) is 21.5 Å². The van der Waals surface area contributed by atoms with E-state index in [1.165, 1.54) is 5.56 Å². The van der Waals surface area contributed by atoms with Crippen molar-refractivity contribution in [3.05, 3.63) is 53.0 Å². The summed E-state index contributed by atoms with van der Waals surface area (Å²) in [4.78, 5) is 0. The predicted molar refractivity (Wildman–Crippen MR) is 90.3 cm³/mol. The van der Waals surface area contributed by atoms with Gasteiger partial charge in [0, 0.05) is 23.2 Å². The van der Waals surface area contributed by atoms with E-state index in [-0.39, 0.29) is 12.6 Å². The van der Waals surface area contributed by atoms with E-state index in [9.17, 15) is 0 Å². The molecular formula is C18H23N3O2. The number of aromatic nitrogens is 2. The maximum Gasteiger partial charge on any atom is 0.134 e. The van der Waals surface area contributed by atoms with Gasteiger partial charge in [0.1, 0.15) is 11.3 Å². The Morgan fingerprint density at radius 1 is 1.30 bits per heavy atom. The number of aliphatic hydroxyl groups excluding tert-OH is 1. The molecule has 5 nitrogen and oxygen atoms in total. The van der Waals surface area contributed by atoms with Crippen molar-refractivity contribution >= 4 is 11.0 Å². The summed E-state index contributed by atoms with van der Waals surface area (Å²) in [5.74, 6) is 0.934. The molecule has 0 aliphatic heterocycles. The number of nitrogens with zero attached hydrogens (tertiary/aromatic N) is 2. The summed E-state index contributed by atoms with van der Waals surface area (Å²) in [6.45, 7) is 7.50. The molecule has 122 valence electrons. The van der Waals surface area contributed by atoms with E-state index in [4.69, 9.17) is 9.52 Å². The Bertz CT molecular complexity index is 771. The van der Waals surface area contributed by atoms with Crippen LogP contribution in [0.2, 0.25) is 0 Å². The van der Waals surface area contributed by atoms with E-state index in [0.717, 1.165) is 34.7 Å². The van der Waals surface area contributed by atoms with Gasteiger partial charge in [0.15, 0.2) is 0 Å². The smallest absolute Gasteiger partial charge is 0.134 e. The zero-order chi connectivity index (χ0) is 16.4. The van der Waals surface area contributed by atoms with Crippen LogP contribution in [0.3, 0.4) is 0 Å². The van der Waals surface area contributed by atoms with Gasteiger partial charge in [-0.1, -0.05) is 18.2 Å². The fraction of sp³-hybridized carbons (Fsp3) is 0.389.